The highest BCUT2D eigenvalue weighted by Gasteiger charge is 2.12. The summed E-state index contributed by atoms with van der Waals surface area (Å²) in [6.45, 7) is 8.67. The molecule has 1 unspecified atom stereocenters. The first-order valence-corrected chi connectivity index (χ1v) is 7.68. The highest BCUT2D eigenvalue weighted by Crippen LogP contribution is 2.24. The second-order valence-electron chi connectivity index (χ2n) is 5.66. The van der Waals surface area contributed by atoms with Gasteiger partial charge >= 0.3 is 0 Å². The first-order valence-electron chi connectivity index (χ1n) is 7.68. The number of rotatable bonds is 8. The van der Waals surface area contributed by atoms with Crippen LogP contribution in [0.2, 0.25) is 0 Å². The number of unbranched alkanes of at least 4 members (excludes halogenated alkanes) is 1. The van der Waals surface area contributed by atoms with Gasteiger partial charge in [-0.15, -0.1) is 0 Å². The molecule has 1 aromatic rings. The molecule has 1 atom stereocenters. The zero-order valence-corrected chi connectivity index (χ0v) is 13.7. The third-order valence-electron chi connectivity index (χ3n) is 3.51. The van der Waals surface area contributed by atoms with Crippen LogP contribution in [-0.2, 0) is 4.79 Å². The monoisotopic (exact) mass is 292 g/mol. The molecule has 21 heavy (non-hydrogen) atoms. The minimum absolute atomic E-state index is 0.0351. The van der Waals surface area contributed by atoms with E-state index in [4.69, 9.17) is 10.5 Å². The predicted molar refractivity (Wildman–Crippen MR) is 86.7 cm³/mol. The van der Waals surface area contributed by atoms with Crippen molar-refractivity contribution in [2.45, 2.75) is 53.0 Å². The molecule has 0 bridgehead atoms. The number of hydrogen-bond acceptors (Lipinski definition) is 3. The maximum absolute atomic E-state index is 11.9. The van der Waals surface area contributed by atoms with E-state index in [0.717, 1.165) is 36.1 Å². The molecule has 0 saturated carbocycles. The van der Waals surface area contributed by atoms with E-state index in [1.807, 2.05) is 13.8 Å². The van der Waals surface area contributed by atoms with Gasteiger partial charge in [0.1, 0.15) is 5.75 Å². The van der Waals surface area contributed by atoms with E-state index in [-0.39, 0.29) is 18.6 Å². The number of hydrogen-bond donors (Lipinski definition) is 2. The lowest BCUT2D eigenvalue weighted by Crippen LogP contribution is -2.42. The molecule has 1 aromatic carbocycles. The normalized spacial score (nSPS) is 12.0. The molecule has 118 valence electrons. The molecular formula is C17H28N2O2. The molecule has 0 aliphatic carbocycles. The topological polar surface area (TPSA) is 64.3 Å². The maximum atomic E-state index is 11.9. The van der Waals surface area contributed by atoms with Gasteiger partial charge in [0.2, 0.25) is 0 Å². The molecule has 0 aromatic heterocycles. The van der Waals surface area contributed by atoms with E-state index in [1.165, 1.54) is 5.56 Å². The SMILES string of the molecule is CCCCC(CN)NC(=O)COc1c(C)cc(C)cc1C. The summed E-state index contributed by atoms with van der Waals surface area (Å²) in [5.74, 6) is 0.689. The third-order valence-corrected chi connectivity index (χ3v) is 3.51. The van der Waals surface area contributed by atoms with Crippen molar-refractivity contribution in [3.63, 3.8) is 0 Å². The maximum Gasteiger partial charge on any atom is 0.258 e. The Morgan fingerprint density at radius 3 is 2.43 bits per heavy atom. The van der Waals surface area contributed by atoms with E-state index < -0.39 is 0 Å². The lowest BCUT2D eigenvalue weighted by atomic mass is 10.1. The Kier molecular flexibility index (Phi) is 7.23. The number of carbonyl (C=O) groups excluding carboxylic acids is 1. The van der Waals surface area contributed by atoms with Gasteiger partial charge in [0.25, 0.3) is 5.91 Å². The number of ether oxygens (including phenoxy) is 1. The van der Waals surface area contributed by atoms with Crippen LogP contribution in [0.25, 0.3) is 0 Å². The Morgan fingerprint density at radius 1 is 1.29 bits per heavy atom. The van der Waals surface area contributed by atoms with Crippen molar-refractivity contribution < 1.29 is 9.53 Å². The quantitative estimate of drug-likeness (QED) is 0.774. The van der Waals surface area contributed by atoms with Gasteiger partial charge < -0.3 is 15.8 Å². The molecule has 0 aliphatic rings. The molecular weight excluding hydrogens is 264 g/mol. The fourth-order valence-electron chi connectivity index (χ4n) is 2.50. The highest BCUT2D eigenvalue weighted by atomic mass is 16.5. The Balaban J connectivity index is 2.53. The fourth-order valence-corrected chi connectivity index (χ4v) is 2.50. The van der Waals surface area contributed by atoms with Gasteiger partial charge in [0.15, 0.2) is 6.61 Å². The van der Waals surface area contributed by atoms with Crippen LogP contribution in [0.5, 0.6) is 5.75 Å². The number of aryl methyl sites for hydroxylation is 3. The van der Waals surface area contributed by atoms with E-state index in [0.29, 0.717) is 6.54 Å². The molecule has 0 heterocycles. The van der Waals surface area contributed by atoms with Crippen molar-refractivity contribution in [1.29, 1.82) is 0 Å². The van der Waals surface area contributed by atoms with Crippen molar-refractivity contribution in [2.75, 3.05) is 13.2 Å². The first-order chi connectivity index (χ1) is 9.97. The average Bonchev–Trinajstić information content (AvgIpc) is 2.42. The van der Waals surface area contributed by atoms with Crippen molar-refractivity contribution in [1.82, 2.24) is 5.32 Å². The van der Waals surface area contributed by atoms with E-state index in [9.17, 15) is 4.79 Å². The second-order valence-corrected chi connectivity index (χ2v) is 5.66. The van der Waals surface area contributed by atoms with Crippen LogP contribution in [0.15, 0.2) is 12.1 Å². The first kappa shape index (κ1) is 17.5. The molecule has 0 radical (unpaired) electrons. The molecule has 4 heteroatoms. The Labute approximate surface area is 128 Å². The lowest BCUT2D eigenvalue weighted by molar-refractivity contribution is -0.123. The molecule has 1 amide bonds. The van der Waals surface area contributed by atoms with E-state index in [1.54, 1.807) is 0 Å². The number of amides is 1. The van der Waals surface area contributed by atoms with Crippen LogP contribution in [0.3, 0.4) is 0 Å². The smallest absolute Gasteiger partial charge is 0.258 e. The molecule has 0 saturated heterocycles. The zero-order chi connectivity index (χ0) is 15.8. The van der Waals surface area contributed by atoms with Crippen molar-refractivity contribution in [3.05, 3.63) is 28.8 Å². The number of nitrogens with two attached hydrogens (primary N) is 1. The summed E-state index contributed by atoms with van der Waals surface area (Å²) in [5.41, 5.74) is 8.99. The molecule has 3 N–H and O–H groups in total. The highest BCUT2D eigenvalue weighted by molar-refractivity contribution is 5.78. The van der Waals surface area contributed by atoms with Crippen molar-refractivity contribution >= 4 is 5.91 Å². The van der Waals surface area contributed by atoms with Crippen LogP contribution in [0.4, 0.5) is 0 Å². The third kappa shape index (κ3) is 5.76. The largest absolute Gasteiger partial charge is 0.483 e. The standard InChI is InChI=1S/C17H28N2O2/c1-5-6-7-15(10-18)19-16(20)11-21-17-13(3)8-12(2)9-14(17)4/h8-9,15H,5-7,10-11,18H2,1-4H3,(H,19,20). The fraction of sp³-hybridized carbons (Fsp3) is 0.588. The van der Waals surface area contributed by atoms with Gasteiger partial charge in [-0.05, 0) is 38.3 Å². The van der Waals surface area contributed by atoms with E-state index in [2.05, 4.69) is 31.3 Å². The van der Waals surface area contributed by atoms with E-state index >= 15 is 0 Å². The summed E-state index contributed by atoms with van der Waals surface area (Å²) in [7, 11) is 0. The number of carbonyl (C=O) groups is 1. The Hall–Kier alpha value is -1.55. The molecule has 1 rings (SSSR count). The minimum Gasteiger partial charge on any atom is -0.483 e. The van der Waals surface area contributed by atoms with Crippen LogP contribution >= 0.6 is 0 Å². The van der Waals surface area contributed by atoms with Crippen LogP contribution in [0.1, 0.15) is 42.9 Å². The van der Waals surface area contributed by atoms with Gasteiger partial charge in [-0.2, -0.15) is 0 Å². The van der Waals surface area contributed by atoms with Gasteiger partial charge in [0.05, 0.1) is 0 Å². The summed E-state index contributed by atoms with van der Waals surface area (Å²) in [4.78, 5) is 11.9. The lowest BCUT2D eigenvalue weighted by Gasteiger charge is -2.18. The minimum atomic E-state index is -0.110. The average molecular weight is 292 g/mol. The van der Waals surface area contributed by atoms with Crippen molar-refractivity contribution in [3.8, 4) is 5.75 Å². The molecule has 4 nitrogen and oxygen atoms in total. The van der Waals surface area contributed by atoms with Crippen LogP contribution in [-0.4, -0.2) is 25.1 Å². The predicted octanol–water partition coefficient (Wildman–Crippen LogP) is 2.62. The van der Waals surface area contributed by atoms with Gasteiger partial charge in [-0.25, -0.2) is 0 Å². The van der Waals surface area contributed by atoms with Crippen LogP contribution < -0.4 is 15.8 Å². The van der Waals surface area contributed by atoms with Gasteiger partial charge in [0, 0.05) is 12.6 Å². The van der Waals surface area contributed by atoms with Crippen molar-refractivity contribution in [2.24, 2.45) is 5.73 Å². The van der Waals surface area contributed by atoms with Gasteiger partial charge in [-0.3, -0.25) is 4.79 Å². The van der Waals surface area contributed by atoms with Crippen LogP contribution in [0, 0.1) is 20.8 Å². The summed E-state index contributed by atoms with van der Waals surface area (Å²) in [6.07, 6.45) is 3.09. The summed E-state index contributed by atoms with van der Waals surface area (Å²) in [6, 6.07) is 4.16. The zero-order valence-electron chi connectivity index (χ0n) is 13.7. The summed E-state index contributed by atoms with van der Waals surface area (Å²) >= 11 is 0. The molecule has 0 spiro atoms. The number of benzene rings is 1. The molecule has 0 aliphatic heterocycles. The van der Waals surface area contributed by atoms with Gasteiger partial charge in [-0.1, -0.05) is 37.5 Å². The Morgan fingerprint density at radius 2 is 1.90 bits per heavy atom. The molecule has 0 fully saturated rings. The Bertz CT molecular complexity index is 449. The second kappa shape index (κ2) is 8.67. The summed E-state index contributed by atoms with van der Waals surface area (Å²) in [5, 5.41) is 2.93. The summed E-state index contributed by atoms with van der Waals surface area (Å²) < 4.78 is 5.68. The number of nitrogens with one attached hydrogen (secondary N) is 1.